The molecule has 0 spiro atoms. The van der Waals surface area contributed by atoms with Crippen LogP contribution < -0.4 is 0 Å². The molecule has 0 unspecified atom stereocenters. The predicted molar refractivity (Wildman–Crippen MR) is 54.9 cm³/mol. The highest BCUT2D eigenvalue weighted by Gasteiger charge is 2.11. The molecule has 0 saturated heterocycles. The van der Waals surface area contributed by atoms with Crippen molar-refractivity contribution in [1.82, 2.24) is 4.98 Å². The van der Waals surface area contributed by atoms with Crippen LogP contribution in [0, 0.1) is 0 Å². The van der Waals surface area contributed by atoms with Crippen molar-refractivity contribution in [2.45, 2.75) is 6.42 Å². The van der Waals surface area contributed by atoms with Crippen LogP contribution in [0.25, 0.3) is 11.5 Å². The van der Waals surface area contributed by atoms with Gasteiger partial charge in [-0.2, -0.15) is 0 Å². The molecule has 5 heteroatoms. The zero-order valence-corrected chi connectivity index (χ0v) is 8.25. The van der Waals surface area contributed by atoms with E-state index in [4.69, 9.17) is 9.52 Å². The summed E-state index contributed by atoms with van der Waals surface area (Å²) in [6.07, 6.45) is 1.12. The Kier molecular flexibility index (Phi) is 2.59. The molecule has 1 aromatic heterocycles. The fraction of sp³-hybridized carbons (Fsp3) is 0.0909. The Hall–Kier alpha value is -2.30. The third-order valence-electron chi connectivity index (χ3n) is 2.01. The van der Waals surface area contributed by atoms with E-state index < -0.39 is 5.97 Å². The molecule has 0 bridgehead atoms. The quantitative estimate of drug-likeness (QED) is 0.820. The SMILES string of the molecule is O=C(O)Cc1cnc(-c2ccccc2O)o1. The second-order valence-electron chi connectivity index (χ2n) is 3.22. The molecule has 0 aliphatic heterocycles. The summed E-state index contributed by atoms with van der Waals surface area (Å²) in [4.78, 5) is 14.4. The first kappa shape index (κ1) is 10.2. The Morgan fingerprint density at radius 1 is 1.38 bits per heavy atom. The number of aromatic nitrogens is 1. The number of para-hydroxylation sites is 1. The summed E-state index contributed by atoms with van der Waals surface area (Å²) in [6, 6.07) is 6.57. The van der Waals surface area contributed by atoms with Crippen LogP contribution in [-0.2, 0) is 11.2 Å². The van der Waals surface area contributed by atoms with Crippen molar-refractivity contribution in [2.24, 2.45) is 0 Å². The molecule has 1 aromatic carbocycles. The summed E-state index contributed by atoms with van der Waals surface area (Å²) < 4.78 is 5.21. The van der Waals surface area contributed by atoms with Gasteiger partial charge < -0.3 is 14.6 Å². The van der Waals surface area contributed by atoms with Gasteiger partial charge in [-0.3, -0.25) is 4.79 Å². The summed E-state index contributed by atoms with van der Waals surface area (Å²) in [5.41, 5.74) is 0.444. The van der Waals surface area contributed by atoms with Crippen LogP contribution in [0.4, 0.5) is 0 Å². The highest BCUT2D eigenvalue weighted by molar-refractivity contribution is 5.69. The average Bonchev–Trinajstić information content (AvgIpc) is 2.66. The summed E-state index contributed by atoms with van der Waals surface area (Å²) in [6.45, 7) is 0. The Morgan fingerprint density at radius 3 is 2.81 bits per heavy atom. The number of oxazole rings is 1. The van der Waals surface area contributed by atoms with Gasteiger partial charge in [0.25, 0.3) is 0 Å². The molecule has 82 valence electrons. The van der Waals surface area contributed by atoms with E-state index in [1.807, 2.05) is 0 Å². The van der Waals surface area contributed by atoms with Gasteiger partial charge in [0.1, 0.15) is 17.9 Å². The maximum Gasteiger partial charge on any atom is 0.311 e. The van der Waals surface area contributed by atoms with Crippen molar-refractivity contribution in [3.05, 3.63) is 36.2 Å². The minimum atomic E-state index is -0.986. The first-order chi connectivity index (χ1) is 7.66. The number of benzene rings is 1. The van der Waals surface area contributed by atoms with Gasteiger partial charge in [-0.15, -0.1) is 0 Å². The van der Waals surface area contributed by atoms with Gasteiger partial charge >= 0.3 is 5.97 Å². The molecule has 16 heavy (non-hydrogen) atoms. The molecule has 1 heterocycles. The maximum absolute atomic E-state index is 10.4. The molecule has 2 aromatic rings. The first-order valence-electron chi connectivity index (χ1n) is 4.61. The van der Waals surface area contributed by atoms with Crippen molar-refractivity contribution in [1.29, 1.82) is 0 Å². The Morgan fingerprint density at radius 2 is 2.12 bits per heavy atom. The van der Waals surface area contributed by atoms with E-state index >= 15 is 0 Å². The van der Waals surface area contributed by atoms with Crippen LogP contribution in [0.3, 0.4) is 0 Å². The third kappa shape index (κ3) is 2.03. The molecular weight excluding hydrogens is 210 g/mol. The Labute approximate surface area is 91.0 Å². The lowest BCUT2D eigenvalue weighted by molar-refractivity contribution is -0.136. The zero-order valence-electron chi connectivity index (χ0n) is 8.25. The first-order valence-corrected chi connectivity index (χ1v) is 4.61. The zero-order chi connectivity index (χ0) is 11.5. The second-order valence-corrected chi connectivity index (χ2v) is 3.22. The fourth-order valence-electron chi connectivity index (χ4n) is 1.32. The maximum atomic E-state index is 10.4. The lowest BCUT2D eigenvalue weighted by Crippen LogP contribution is -1.97. The van der Waals surface area contributed by atoms with Gasteiger partial charge in [-0.25, -0.2) is 4.98 Å². The minimum absolute atomic E-state index is 0.0474. The molecular formula is C11H9NO4. The summed E-state index contributed by atoms with van der Waals surface area (Å²) >= 11 is 0. The monoisotopic (exact) mass is 219 g/mol. The normalized spacial score (nSPS) is 10.2. The summed E-state index contributed by atoms with van der Waals surface area (Å²) in [7, 11) is 0. The number of carbonyl (C=O) groups is 1. The van der Waals surface area contributed by atoms with E-state index in [1.165, 1.54) is 12.3 Å². The van der Waals surface area contributed by atoms with Gasteiger partial charge in [0.05, 0.1) is 11.8 Å². The van der Waals surface area contributed by atoms with Gasteiger partial charge in [0.2, 0.25) is 5.89 Å². The topological polar surface area (TPSA) is 83.6 Å². The van der Waals surface area contributed by atoms with Gasteiger partial charge in [-0.05, 0) is 12.1 Å². The van der Waals surface area contributed by atoms with E-state index in [9.17, 15) is 9.90 Å². The van der Waals surface area contributed by atoms with Crippen molar-refractivity contribution in [3.8, 4) is 17.2 Å². The molecule has 0 amide bonds. The van der Waals surface area contributed by atoms with Crippen molar-refractivity contribution in [3.63, 3.8) is 0 Å². The molecule has 0 fully saturated rings. The second kappa shape index (κ2) is 4.06. The molecule has 0 aliphatic rings. The van der Waals surface area contributed by atoms with Crippen molar-refractivity contribution >= 4 is 5.97 Å². The van der Waals surface area contributed by atoms with Gasteiger partial charge in [-0.1, -0.05) is 12.1 Å². The number of carboxylic acid groups (broad SMARTS) is 1. The predicted octanol–water partition coefficient (Wildman–Crippen LogP) is 1.67. The van der Waals surface area contributed by atoms with Crippen molar-refractivity contribution in [2.75, 3.05) is 0 Å². The molecule has 0 radical (unpaired) electrons. The van der Waals surface area contributed by atoms with Crippen LogP contribution >= 0.6 is 0 Å². The smallest absolute Gasteiger partial charge is 0.311 e. The minimum Gasteiger partial charge on any atom is -0.507 e. The molecule has 0 atom stereocenters. The lowest BCUT2D eigenvalue weighted by atomic mass is 10.2. The number of phenols is 1. The number of hydrogen-bond donors (Lipinski definition) is 2. The Bertz CT molecular complexity index is 518. The number of hydrogen-bond acceptors (Lipinski definition) is 4. The Balaban J connectivity index is 2.32. The standard InChI is InChI=1S/C11H9NO4/c13-9-4-2-1-3-8(9)11-12-6-7(16-11)5-10(14)15/h1-4,6,13H,5H2,(H,14,15). The van der Waals surface area contributed by atoms with Gasteiger partial charge in [0, 0.05) is 0 Å². The number of aliphatic carboxylic acids is 1. The fourth-order valence-corrected chi connectivity index (χ4v) is 1.32. The highest BCUT2D eigenvalue weighted by Crippen LogP contribution is 2.27. The molecule has 2 N–H and O–H groups in total. The van der Waals surface area contributed by atoms with Gasteiger partial charge in [0.15, 0.2) is 0 Å². The summed E-state index contributed by atoms with van der Waals surface area (Å²) in [5, 5.41) is 18.1. The van der Waals surface area contributed by atoms with Crippen LogP contribution in [0.1, 0.15) is 5.76 Å². The average molecular weight is 219 g/mol. The summed E-state index contributed by atoms with van der Waals surface area (Å²) in [5.74, 6) is -0.466. The number of rotatable bonds is 3. The van der Waals surface area contributed by atoms with Crippen LogP contribution in [-0.4, -0.2) is 21.2 Å². The van der Waals surface area contributed by atoms with Crippen LogP contribution in [0.2, 0.25) is 0 Å². The number of aromatic hydroxyl groups is 1. The van der Waals surface area contributed by atoms with Crippen molar-refractivity contribution < 1.29 is 19.4 Å². The molecule has 0 saturated carbocycles. The highest BCUT2D eigenvalue weighted by atomic mass is 16.4. The largest absolute Gasteiger partial charge is 0.507 e. The van der Waals surface area contributed by atoms with E-state index in [1.54, 1.807) is 18.2 Å². The number of phenolic OH excluding ortho intramolecular Hbond substituents is 1. The van der Waals surface area contributed by atoms with Crippen LogP contribution in [0.5, 0.6) is 5.75 Å². The third-order valence-corrected chi connectivity index (χ3v) is 2.01. The molecule has 5 nitrogen and oxygen atoms in total. The molecule has 0 aliphatic carbocycles. The van der Waals surface area contributed by atoms with E-state index in [2.05, 4.69) is 4.98 Å². The molecule has 2 rings (SSSR count). The van der Waals surface area contributed by atoms with E-state index in [-0.39, 0.29) is 23.8 Å². The number of carboxylic acids is 1. The number of nitrogens with zero attached hydrogens (tertiary/aromatic N) is 1. The van der Waals surface area contributed by atoms with E-state index in [0.29, 0.717) is 5.56 Å². The lowest BCUT2D eigenvalue weighted by Gasteiger charge is -1.98. The van der Waals surface area contributed by atoms with E-state index in [0.717, 1.165) is 0 Å². The van der Waals surface area contributed by atoms with Crippen LogP contribution in [0.15, 0.2) is 34.9 Å².